The first kappa shape index (κ1) is 10.4. The first-order valence-electron chi connectivity index (χ1n) is 6.11. The molecule has 1 saturated heterocycles. The lowest BCUT2D eigenvalue weighted by molar-refractivity contribution is 0.0363. The maximum Gasteiger partial charge on any atom is 0.0625 e. The van der Waals surface area contributed by atoms with Gasteiger partial charge < -0.3 is 4.74 Å². The summed E-state index contributed by atoms with van der Waals surface area (Å²) in [5.74, 6) is 1.02. The van der Waals surface area contributed by atoms with Crippen molar-refractivity contribution in [2.75, 3.05) is 19.7 Å². The Morgan fingerprint density at radius 2 is 2.07 bits per heavy atom. The van der Waals surface area contributed by atoms with Gasteiger partial charge in [0.2, 0.25) is 0 Å². The summed E-state index contributed by atoms with van der Waals surface area (Å²) in [7, 11) is 0. The number of nitrogens with zero attached hydrogens (tertiary/aromatic N) is 1. The van der Waals surface area contributed by atoms with E-state index in [1.807, 2.05) is 0 Å². The fourth-order valence-corrected chi connectivity index (χ4v) is 2.26. The predicted octanol–water partition coefficient (Wildman–Crippen LogP) is 2.29. The maximum absolute atomic E-state index is 5.72. The van der Waals surface area contributed by atoms with E-state index in [-0.39, 0.29) is 0 Å². The maximum atomic E-state index is 5.72. The molecule has 0 aromatic heterocycles. The van der Waals surface area contributed by atoms with Crippen molar-refractivity contribution < 1.29 is 4.74 Å². The van der Waals surface area contributed by atoms with E-state index in [0.29, 0.717) is 6.10 Å². The van der Waals surface area contributed by atoms with Gasteiger partial charge in [-0.2, -0.15) is 0 Å². The number of hydrogen-bond donors (Lipinski definition) is 0. The minimum absolute atomic E-state index is 0.387. The second-order valence-electron chi connectivity index (χ2n) is 5.12. The van der Waals surface area contributed by atoms with E-state index < -0.39 is 0 Å². The van der Waals surface area contributed by atoms with Crippen molar-refractivity contribution in [3.8, 4) is 0 Å². The van der Waals surface area contributed by atoms with Crippen molar-refractivity contribution in [3.05, 3.63) is 0 Å². The van der Waals surface area contributed by atoms with E-state index in [1.165, 1.54) is 38.8 Å². The zero-order chi connectivity index (χ0) is 9.97. The molecule has 2 heteroatoms. The Labute approximate surface area is 87.6 Å². The van der Waals surface area contributed by atoms with Crippen molar-refractivity contribution in [1.82, 2.24) is 4.90 Å². The van der Waals surface area contributed by atoms with Crippen LogP contribution in [-0.2, 0) is 4.74 Å². The summed E-state index contributed by atoms with van der Waals surface area (Å²) in [6.07, 6.45) is 6.04. The van der Waals surface area contributed by atoms with E-state index >= 15 is 0 Å². The molecule has 0 aromatic carbocycles. The van der Waals surface area contributed by atoms with Crippen molar-refractivity contribution in [2.24, 2.45) is 5.92 Å². The molecule has 2 rings (SSSR count). The highest BCUT2D eigenvalue weighted by molar-refractivity contribution is 4.85. The van der Waals surface area contributed by atoms with Gasteiger partial charge in [-0.15, -0.1) is 0 Å². The third-order valence-corrected chi connectivity index (χ3v) is 3.31. The molecule has 82 valence electrons. The lowest BCUT2D eigenvalue weighted by atomic mass is 10.2. The Balaban J connectivity index is 1.71. The summed E-state index contributed by atoms with van der Waals surface area (Å²) in [6, 6.07) is 0.720. The largest absolute Gasteiger partial charge is 0.377 e. The number of ether oxygens (including phenoxy) is 1. The van der Waals surface area contributed by atoms with Gasteiger partial charge in [0.15, 0.2) is 0 Å². The minimum Gasteiger partial charge on any atom is -0.377 e. The number of hydrogen-bond acceptors (Lipinski definition) is 2. The Kier molecular flexibility index (Phi) is 3.45. The Bertz CT molecular complexity index is 177. The molecule has 1 heterocycles. The van der Waals surface area contributed by atoms with Gasteiger partial charge in [-0.25, -0.2) is 0 Å². The molecule has 0 bridgehead atoms. The highest BCUT2D eigenvalue weighted by Crippen LogP contribution is 2.32. The molecule has 2 fully saturated rings. The monoisotopic (exact) mass is 197 g/mol. The molecule has 0 amide bonds. The van der Waals surface area contributed by atoms with Gasteiger partial charge in [0.05, 0.1) is 12.7 Å². The van der Waals surface area contributed by atoms with Crippen LogP contribution >= 0.6 is 0 Å². The first-order valence-corrected chi connectivity index (χ1v) is 6.11. The lowest BCUT2D eigenvalue weighted by Crippen LogP contribution is -2.35. The van der Waals surface area contributed by atoms with E-state index in [2.05, 4.69) is 18.7 Å². The molecule has 14 heavy (non-hydrogen) atoms. The van der Waals surface area contributed by atoms with Crippen LogP contribution in [0.2, 0.25) is 0 Å². The highest BCUT2D eigenvalue weighted by Gasteiger charge is 2.30. The van der Waals surface area contributed by atoms with Crippen molar-refractivity contribution in [3.63, 3.8) is 0 Å². The lowest BCUT2D eigenvalue weighted by Gasteiger charge is -2.24. The molecule has 1 saturated carbocycles. The molecule has 2 nitrogen and oxygen atoms in total. The van der Waals surface area contributed by atoms with Crippen molar-refractivity contribution in [2.45, 2.75) is 51.7 Å². The number of likely N-dealkylation sites (tertiary alicyclic amines) is 1. The summed E-state index contributed by atoms with van der Waals surface area (Å²) in [6.45, 7) is 7.85. The van der Waals surface area contributed by atoms with Crippen molar-refractivity contribution >= 4 is 0 Å². The topological polar surface area (TPSA) is 12.5 Å². The second kappa shape index (κ2) is 4.63. The average Bonchev–Trinajstić information content (AvgIpc) is 2.81. The van der Waals surface area contributed by atoms with Gasteiger partial charge in [-0.05, 0) is 52.0 Å². The van der Waals surface area contributed by atoms with Crippen LogP contribution in [0.3, 0.4) is 0 Å². The molecule has 1 atom stereocenters. The van der Waals surface area contributed by atoms with Crippen LogP contribution in [0, 0.1) is 5.92 Å². The molecule has 2 aliphatic rings. The zero-order valence-corrected chi connectivity index (χ0v) is 9.54. The van der Waals surface area contributed by atoms with Gasteiger partial charge >= 0.3 is 0 Å². The Hall–Kier alpha value is -0.0800. The standard InChI is InChI=1S/C12H23NO/c1-10(2)14-9-12-4-3-7-13(12)8-11-5-6-11/h10-12H,3-9H2,1-2H3/t12-/m0/s1. The Morgan fingerprint density at radius 3 is 2.71 bits per heavy atom. The molecule has 1 aliphatic heterocycles. The molecular formula is C12H23NO. The highest BCUT2D eigenvalue weighted by atomic mass is 16.5. The Morgan fingerprint density at radius 1 is 1.29 bits per heavy atom. The van der Waals surface area contributed by atoms with Crippen molar-refractivity contribution in [1.29, 1.82) is 0 Å². The van der Waals surface area contributed by atoms with Crippen LogP contribution < -0.4 is 0 Å². The third-order valence-electron chi connectivity index (χ3n) is 3.31. The molecule has 0 unspecified atom stereocenters. The van der Waals surface area contributed by atoms with Crippen LogP contribution in [0.25, 0.3) is 0 Å². The second-order valence-corrected chi connectivity index (χ2v) is 5.12. The normalized spacial score (nSPS) is 28.9. The van der Waals surface area contributed by atoms with Gasteiger partial charge in [0.25, 0.3) is 0 Å². The zero-order valence-electron chi connectivity index (χ0n) is 9.54. The van der Waals surface area contributed by atoms with Crippen LogP contribution in [0.4, 0.5) is 0 Å². The quantitative estimate of drug-likeness (QED) is 0.670. The van der Waals surface area contributed by atoms with E-state index in [9.17, 15) is 0 Å². The van der Waals surface area contributed by atoms with Crippen LogP contribution in [0.1, 0.15) is 39.5 Å². The summed E-state index contributed by atoms with van der Waals surface area (Å²) in [5.41, 5.74) is 0. The fraction of sp³-hybridized carbons (Fsp3) is 1.00. The average molecular weight is 197 g/mol. The first-order chi connectivity index (χ1) is 6.75. The molecule has 0 radical (unpaired) electrons. The smallest absolute Gasteiger partial charge is 0.0625 e. The summed E-state index contributed by atoms with van der Waals surface area (Å²) >= 11 is 0. The molecule has 0 aromatic rings. The van der Waals surface area contributed by atoms with Gasteiger partial charge in [0, 0.05) is 12.6 Å². The van der Waals surface area contributed by atoms with E-state index in [0.717, 1.165) is 18.6 Å². The molecule has 0 spiro atoms. The van der Waals surface area contributed by atoms with Gasteiger partial charge in [-0.3, -0.25) is 4.90 Å². The van der Waals surface area contributed by atoms with Gasteiger partial charge in [-0.1, -0.05) is 0 Å². The molecular weight excluding hydrogens is 174 g/mol. The van der Waals surface area contributed by atoms with Crippen LogP contribution in [0.15, 0.2) is 0 Å². The van der Waals surface area contributed by atoms with E-state index in [4.69, 9.17) is 4.74 Å². The summed E-state index contributed by atoms with van der Waals surface area (Å²) in [5, 5.41) is 0. The van der Waals surface area contributed by atoms with Crippen LogP contribution in [-0.4, -0.2) is 36.7 Å². The third kappa shape index (κ3) is 2.96. The molecule has 1 aliphatic carbocycles. The fourth-order valence-electron chi connectivity index (χ4n) is 2.26. The SMILES string of the molecule is CC(C)OC[C@@H]1CCCN1CC1CC1. The summed E-state index contributed by atoms with van der Waals surface area (Å²) < 4.78 is 5.72. The van der Waals surface area contributed by atoms with E-state index in [1.54, 1.807) is 0 Å². The minimum atomic E-state index is 0.387. The van der Waals surface area contributed by atoms with Crippen LogP contribution in [0.5, 0.6) is 0 Å². The number of rotatable bonds is 5. The molecule has 0 N–H and O–H groups in total. The van der Waals surface area contributed by atoms with Gasteiger partial charge in [0.1, 0.15) is 0 Å². The summed E-state index contributed by atoms with van der Waals surface area (Å²) in [4.78, 5) is 2.65. The predicted molar refractivity (Wildman–Crippen MR) is 58.4 cm³/mol.